The molecule has 1 atom stereocenters. The molecule has 0 radical (unpaired) electrons. The summed E-state index contributed by atoms with van der Waals surface area (Å²) in [4.78, 5) is 4.06. The number of anilines is 1. The van der Waals surface area contributed by atoms with Crippen LogP contribution in [-0.4, -0.2) is 11.6 Å². The average molecular weight is 292 g/mol. The molecular weight excluding hydrogens is 274 g/mol. The van der Waals surface area contributed by atoms with Gasteiger partial charge in [-0.3, -0.25) is 4.98 Å². The highest BCUT2D eigenvalue weighted by molar-refractivity contribution is 5.48. The number of benzene rings is 1. The van der Waals surface area contributed by atoms with Crippen molar-refractivity contribution in [3.63, 3.8) is 0 Å². The molecule has 2 rings (SSSR count). The van der Waals surface area contributed by atoms with Gasteiger partial charge in [0.15, 0.2) is 11.6 Å². The molecule has 0 bridgehead atoms. The Morgan fingerprint density at radius 1 is 1.19 bits per heavy atom. The van der Waals surface area contributed by atoms with Gasteiger partial charge < -0.3 is 10.1 Å². The van der Waals surface area contributed by atoms with E-state index >= 15 is 0 Å². The van der Waals surface area contributed by atoms with Crippen molar-refractivity contribution in [3.8, 4) is 5.75 Å². The second-order valence-electron chi connectivity index (χ2n) is 4.58. The summed E-state index contributed by atoms with van der Waals surface area (Å²) < 4.78 is 31.9. The quantitative estimate of drug-likeness (QED) is 0.861. The molecule has 0 aliphatic heterocycles. The van der Waals surface area contributed by atoms with Crippen LogP contribution in [0.2, 0.25) is 0 Å². The van der Waals surface area contributed by atoms with E-state index in [1.54, 1.807) is 25.1 Å². The summed E-state index contributed by atoms with van der Waals surface area (Å²) in [5.41, 5.74) is 1.35. The van der Waals surface area contributed by atoms with E-state index in [1.807, 2.05) is 6.92 Å². The number of hydrogen-bond acceptors (Lipinski definition) is 3. The van der Waals surface area contributed by atoms with Crippen LogP contribution < -0.4 is 10.1 Å². The first-order chi connectivity index (χ1) is 10.1. The first-order valence-electron chi connectivity index (χ1n) is 6.94. The minimum absolute atomic E-state index is 0.108. The molecule has 1 unspecified atom stereocenters. The Bertz CT molecular complexity index is 587. The summed E-state index contributed by atoms with van der Waals surface area (Å²) in [5.74, 6) is -0.555. The minimum atomic E-state index is -0.413. The Morgan fingerprint density at radius 2 is 2.00 bits per heavy atom. The Labute approximate surface area is 123 Å². The topological polar surface area (TPSA) is 34.1 Å². The van der Waals surface area contributed by atoms with E-state index in [4.69, 9.17) is 4.74 Å². The van der Waals surface area contributed by atoms with Gasteiger partial charge in [0.2, 0.25) is 0 Å². The lowest BCUT2D eigenvalue weighted by atomic mass is 10.1. The van der Waals surface area contributed by atoms with Gasteiger partial charge in [0, 0.05) is 11.8 Å². The molecule has 3 nitrogen and oxygen atoms in total. The molecular formula is C16H18F2N2O. The van der Waals surface area contributed by atoms with Crippen LogP contribution in [-0.2, 0) is 0 Å². The van der Waals surface area contributed by atoms with Crippen molar-refractivity contribution in [2.75, 3.05) is 11.9 Å². The molecule has 1 aromatic carbocycles. The van der Waals surface area contributed by atoms with Crippen molar-refractivity contribution >= 4 is 5.69 Å². The van der Waals surface area contributed by atoms with Gasteiger partial charge >= 0.3 is 0 Å². The SMILES string of the molecule is CCOc1ccc(NC(CC)c2ccc(F)cn2)cc1F. The minimum Gasteiger partial charge on any atom is -0.491 e. The maximum absolute atomic E-state index is 13.8. The first kappa shape index (κ1) is 15.2. The smallest absolute Gasteiger partial charge is 0.167 e. The monoisotopic (exact) mass is 292 g/mol. The number of rotatable bonds is 6. The fourth-order valence-corrected chi connectivity index (χ4v) is 2.04. The van der Waals surface area contributed by atoms with Gasteiger partial charge in [-0.15, -0.1) is 0 Å². The molecule has 1 aromatic heterocycles. The highest BCUT2D eigenvalue weighted by atomic mass is 19.1. The molecule has 21 heavy (non-hydrogen) atoms. The zero-order chi connectivity index (χ0) is 15.2. The van der Waals surface area contributed by atoms with E-state index in [-0.39, 0.29) is 17.6 Å². The van der Waals surface area contributed by atoms with Gasteiger partial charge in [-0.05, 0) is 37.6 Å². The third-order valence-corrected chi connectivity index (χ3v) is 3.09. The summed E-state index contributed by atoms with van der Waals surface area (Å²) in [7, 11) is 0. The van der Waals surface area contributed by atoms with E-state index in [0.717, 1.165) is 6.42 Å². The highest BCUT2D eigenvalue weighted by Gasteiger charge is 2.12. The van der Waals surface area contributed by atoms with Gasteiger partial charge in [-0.25, -0.2) is 8.78 Å². The average Bonchev–Trinajstić information content (AvgIpc) is 2.48. The van der Waals surface area contributed by atoms with Crippen molar-refractivity contribution < 1.29 is 13.5 Å². The fraction of sp³-hybridized carbons (Fsp3) is 0.312. The van der Waals surface area contributed by atoms with E-state index in [2.05, 4.69) is 10.3 Å². The Morgan fingerprint density at radius 3 is 2.57 bits per heavy atom. The number of ether oxygens (including phenoxy) is 1. The predicted molar refractivity (Wildman–Crippen MR) is 78.4 cm³/mol. The van der Waals surface area contributed by atoms with Gasteiger partial charge in [-0.1, -0.05) is 6.92 Å². The Kier molecular flexibility index (Phi) is 5.09. The van der Waals surface area contributed by atoms with Crippen molar-refractivity contribution in [2.24, 2.45) is 0 Å². The van der Waals surface area contributed by atoms with Crippen LogP contribution in [0.4, 0.5) is 14.5 Å². The second kappa shape index (κ2) is 7.02. The second-order valence-corrected chi connectivity index (χ2v) is 4.58. The van der Waals surface area contributed by atoms with Crippen LogP contribution in [0.3, 0.4) is 0 Å². The van der Waals surface area contributed by atoms with Crippen molar-refractivity contribution in [2.45, 2.75) is 26.3 Å². The highest BCUT2D eigenvalue weighted by Crippen LogP contribution is 2.25. The lowest BCUT2D eigenvalue weighted by Gasteiger charge is -2.18. The molecule has 0 aliphatic rings. The third-order valence-electron chi connectivity index (χ3n) is 3.09. The van der Waals surface area contributed by atoms with Crippen LogP contribution in [0.1, 0.15) is 32.0 Å². The molecule has 112 valence electrons. The standard InChI is InChI=1S/C16H18F2N2O/c1-3-14(15-7-5-11(17)10-19-15)20-12-6-8-16(21-4-2)13(18)9-12/h5-10,14,20H,3-4H2,1-2H3. The van der Waals surface area contributed by atoms with Crippen LogP contribution in [0, 0.1) is 11.6 Å². The van der Waals surface area contributed by atoms with Crippen molar-refractivity contribution in [3.05, 3.63) is 53.9 Å². The summed E-state index contributed by atoms with van der Waals surface area (Å²) in [6.45, 7) is 4.20. The normalized spacial score (nSPS) is 12.0. The number of aromatic nitrogens is 1. The fourth-order valence-electron chi connectivity index (χ4n) is 2.04. The first-order valence-corrected chi connectivity index (χ1v) is 6.94. The number of pyridine rings is 1. The summed E-state index contributed by atoms with van der Waals surface area (Å²) >= 11 is 0. The van der Waals surface area contributed by atoms with Crippen LogP contribution >= 0.6 is 0 Å². The summed E-state index contributed by atoms with van der Waals surface area (Å²) in [6.07, 6.45) is 1.92. The van der Waals surface area contributed by atoms with Crippen LogP contribution in [0.25, 0.3) is 0 Å². The zero-order valence-electron chi connectivity index (χ0n) is 12.1. The molecule has 2 aromatic rings. The van der Waals surface area contributed by atoms with Gasteiger partial charge in [0.25, 0.3) is 0 Å². The lowest BCUT2D eigenvalue weighted by Crippen LogP contribution is -2.11. The Balaban J connectivity index is 2.15. The summed E-state index contributed by atoms with van der Waals surface area (Å²) in [6, 6.07) is 7.61. The maximum Gasteiger partial charge on any atom is 0.167 e. The van der Waals surface area contributed by atoms with Crippen LogP contribution in [0.5, 0.6) is 5.75 Å². The molecule has 0 saturated carbocycles. The maximum atomic E-state index is 13.8. The molecule has 0 amide bonds. The largest absolute Gasteiger partial charge is 0.491 e. The van der Waals surface area contributed by atoms with Gasteiger partial charge in [0.05, 0.1) is 24.5 Å². The van der Waals surface area contributed by atoms with Gasteiger partial charge in [-0.2, -0.15) is 0 Å². The van der Waals surface area contributed by atoms with E-state index in [1.165, 1.54) is 18.3 Å². The molecule has 1 N–H and O–H groups in total. The number of nitrogens with zero attached hydrogens (tertiary/aromatic N) is 1. The molecule has 0 aliphatic carbocycles. The number of hydrogen-bond donors (Lipinski definition) is 1. The van der Waals surface area contributed by atoms with E-state index in [9.17, 15) is 8.78 Å². The van der Waals surface area contributed by atoms with Crippen molar-refractivity contribution in [1.82, 2.24) is 4.98 Å². The zero-order valence-corrected chi connectivity index (χ0v) is 12.1. The van der Waals surface area contributed by atoms with Crippen LogP contribution in [0.15, 0.2) is 36.5 Å². The predicted octanol–water partition coefficient (Wildman–Crippen LogP) is 4.32. The van der Waals surface area contributed by atoms with Gasteiger partial charge in [0.1, 0.15) is 5.82 Å². The Hall–Kier alpha value is -2.17. The molecule has 5 heteroatoms. The molecule has 0 fully saturated rings. The van der Waals surface area contributed by atoms with E-state index < -0.39 is 5.82 Å². The summed E-state index contributed by atoms with van der Waals surface area (Å²) in [5, 5.41) is 3.19. The number of nitrogens with one attached hydrogen (secondary N) is 1. The lowest BCUT2D eigenvalue weighted by molar-refractivity contribution is 0.321. The van der Waals surface area contributed by atoms with E-state index in [0.29, 0.717) is 18.0 Å². The molecule has 0 saturated heterocycles. The third kappa shape index (κ3) is 3.90. The van der Waals surface area contributed by atoms with Crippen molar-refractivity contribution in [1.29, 1.82) is 0 Å². The molecule has 1 heterocycles. The molecule has 0 spiro atoms. The number of halogens is 2.